The molecule has 2 aromatic rings. The monoisotopic (exact) mass is 233 g/mol. The largest absolute Gasteiger partial charge is 0.508 e. The average molecular weight is 233 g/mol. The van der Waals surface area contributed by atoms with E-state index in [-0.39, 0.29) is 11.4 Å². The highest BCUT2D eigenvalue weighted by Gasteiger charge is 2.13. The second-order valence-corrected chi connectivity index (χ2v) is 3.40. The van der Waals surface area contributed by atoms with Gasteiger partial charge >= 0.3 is 5.97 Å². The minimum atomic E-state index is -1.10. The Morgan fingerprint density at radius 3 is 2.76 bits per heavy atom. The third-order valence-electron chi connectivity index (χ3n) is 2.26. The van der Waals surface area contributed by atoms with Crippen molar-refractivity contribution in [1.29, 1.82) is 0 Å². The topological polar surface area (TPSA) is 87.4 Å². The van der Waals surface area contributed by atoms with Gasteiger partial charge in [-0.3, -0.25) is 0 Å². The van der Waals surface area contributed by atoms with E-state index in [9.17, 15) is 9.90 Å². The van der Waals surface area contributed by atoms with Crippen LogP contribution in [0.15, 0.2) is 30.3 Å². The SMILES string of the molecule is CNc1cc(C(=O)O)nn1-c1cccc(O)c1. The molecule has 0 aliphatic heterocycles. The van der Waals surface area contributed by atoms with Gasteiger partial charge in [0.05, 0.1) is 5.69 Å². The molecule has 3 N–H and O–H groups in total. The van der Waals surface area contributed by atoms with Crippen LogP contribution in [0.5, 0.6) is 5.75 Å². The number of nitrogens with zero attached hydrogens (tertiary/aromatic N) is 2. The summed E-state index contributed by atoms with van der Waals surface area (Å²) in [4.78, 5) is 10.8. The molecule has 6 nitrogen and oxygen atoms in total. The molecule has 17 heavy (non-hydrogen) atoms. The number of aromatic carboxylic acids is 1. The van der Waals surface area contributed by atoms with Crippen molar-refractivity contribution in [3.8, 4) is 11.4 Å². The zero-order valence-electron chi connectivity index (χ0n) is 9.08. The van der Waals surface area contributed by atoms with Crippen LogP contribution in [0.25, 0.3) is 5.69 Å². The van der Waals surface area contributed by atoms with Gasteiger partial charge in [0.15, 0.2) is 5.69 Å². The van der Waals surface area contributed by atoms with Crippen LogP contribution in [0.1, 0.15) is 10.5 Å². The Kier molecular flexibility index (Phi) is 2.70. The highest BCUT2D eigenvalue weighted by atomic mass is 16.4. The van der Waals surface area contributed by atoms with E-state index < -0.39 is 5.97 Å². The second kappa shape index (κ2) is 4.17. The van der Waals surface area contributed by atoms with Gasteiger partial charge in [0.25, 0.3) is 0 Å². The predicted molar refractivity (Wildman–Crippen MR) is 61.7 cm³/mol. The maximum absolute atomic E-state index is 10.8. The zero-order valence-corrected chi connectivity index (χ0v) is 9.08. The molecular weight excluding hydrogens is 222 g/mol. The van der Waals surface area contributed by atoms with E-state index in [2.05, 4.69) is 10.4 Å². The first-order valence-electron chi connectivity index (χ1n) is 4.92. The molecule has 1 heterocycles. The third kappa shape index (κ3) is 2.05. The summed E-state index contributed by atoms with van der Waals surface area (Å²) >= 11 is 0. The summed E-state index contributed by atoms with van der Waals surface area (Å²) in [6, 6.07) is 7.83. The van der Waals surface area contributed by atoms with Crippen molar-refractivity contribution in [2.75, 3.05) is 12.4 Å². The van der Waals surface area contributed by atoms with Gasteiger partial charge in [-0.2, -0.15) is 5.10 Å². The summed E-state index contributed by atoms with van der Waals surface area (Å²) in [7, 11) is 1.67. The molecular formula is C11H11N3O3. The summed E-state index contributed by atoms with van der Waals surface area (Å²) in [5.41, 5.74) is 0.527. The van der Waals surface area contributed by atoms with Gasteiger partial charge < -0.3 is 15.5 Å². The van der Waals surface area contributed by atoms with Crippen LogP contribution in [0.2, 0.25) is 0 Å². The number of aromatic hydroxyl groups is 1. The number of aromatic nitrogens is 2. The van der Waals surface area contributed by atoms with Crippen molar-refractivity contribution in [2.24, 2.45) is 0 Å². The van der Waals surface area contributed by atoms with Crippen LogP contribution in [0, 0.1) is 0 Å². The Balaban J connectivity index is 2.54. The van der Waals surface area contributed by atoms with E-state index in [1.54, 1.807) is 19.2 Å². The smallest absolute Gasteiger partial charge is 0.356 e. The van der Waals surface area contributed by atoms with Crippen LogP contribution in [0.3, 0.4) is 0 Å². The van der Waals surface area contributed by atoms with E-state index in [0.29, 0.717) is 11.5 Å². The molecule has 1 aromatic heterocycles. The first kappa shape index (κ1) is 11.0. The highest BCUT2D eigenvalue weighted by Crippen LogP contribution is 2.20. The Morgan fingerprint density at radius 2 is 2.18 bits per heavy atom. The van der Waals surface area contributed by atoms with Gasteiger partial charge in [0, 0.05) is 19.2 Å². The van der Waals surface area contributed by atoms with Crippen LogP contribution in [-0.2, 0) is 0 Å². The minimum Gasteiger partial charge on any atom is -0.508 e. The summed E-state index contributed by atoms with van der Waals surface area (Å²) < 4.78 is 1.42. The van der Waals surface area contributed by atoms with Gasteiger partial charge in [0.1, 0.15) is 11.6 Å². The molecule has 0 bridgehead atoms. The normalized spacial score (nSPS) is 10.2. The zero-order chi connectivity index (χ0) is 12.4. The number of nitrogens with one attached hydrogen (secondary N) is 1. The number of rotatable bonds is 3. The number of carboxylic acid groups (broad SMARTS) is 1. The van der Waals surface area contributed by atoms with Gasteiger partial charge in [-0.25, -0.2) is 9.48 Å². The van der Waals surface area contributed by atoms with E-state index in [0.717, 1.165) is 0 Å². The van der Waals surface area contributed by atoms with Crippen molar-refractivity contribution in [3.05, 3.63) is 36.0 Å². The van der Waals surface area contributed by atoms with E-state index in [1.165, 1.54) is 22.9 Å². The van der Waals surface area contributed by atoms with Crippen molar-refractivity contribution in [2.45, 2.75) is 0 Å². The van der Waals surface area contributed by atoms with Crippen molar-refractivity contribution in [1.82, 2.24) is 9.78 Å². The fraction of sp³-hybridized carbons (Fsp3) is 0.0909. The van der Waals surface area contributed by atoms with Crippen molar-refractivity contribution in [3.63, 3.8) is 0 Å². The number of phenolic OH excluding ortho intramolecular Hbond substituents is 1. The molecule has 0 saturated heterocycles. The van der Waals surface area contributed by atoms with Crippen LogP contribution < -0.4 is 5.32 Å². The number of benzene rings is 1. The van der Waals surface area contributed by atoms with Crippen LogP contribution >= 0.6 is 0 Å². The Morgan fingerprint density at radius 1 is 1.41 bits per heavy atom. The molecule has 0 aliphatic rings. The molecule has 0 spiro atoms. The molecule has 0 aliphatic carbocycles. The van der Waals surface area contributed by atoms with Crippen LogP contribution in [0.4, 0.5) is 5.82 Å². The number of hydrogen-bond donors (Lipinski definition) is 3. The van der Waals surface area contributed by atoms with Crippen molar-refractivity contribution >= 4 is 11.8 Å². The molecule has 0 atom stereocenters. The lowest BCUT2D eigenvalue weighted by Gasteiger charge is -2.06. The summed E-state index contributed by atoms with van der Waals surface area (Å²) in [5, 5.41) is 25.0. The minimum absolute atomic E-state index is 0.0577. The molecule has 0 unspecified atom stereocenters. The maximum Gasteiger partial charge on any atom is 0.356 e. The molecule has 1 aromatic carbocycles. The molecule has 0 saturated carbocycles. The quantitative estimate of drug-likeness (QED) is 0.744. The number of carbonyl (C=O) groups is 1. The highest BCUT2D eigenvalue weighted by molar-refractivity contribution is 5.86. The van der Waals surface area contributed by atoms with Gasteiger partial charge in [0.2, 0.25) is 0 Å². The Bertz CT molecular complexity index is 563. The van der Waals surface area contributed by atoms with Crippen molar-refractivity contribution < 1.29 is 15.0 Å². The first-order chi connectivity index (χ1) is 8.11. The fourth-order valence-electron chi connectivity index (χ4n) is 1.49. The van der Waals surface area contributed by atoms with Crippen LogP contribution in [-0.4, -0.2) is 33.0 Å². The van der Waals surface area contributed by atoms with E-state index >= 15 is 0 Å². The Hall–Kier alpha value is -2.50. The fourth-order valence-corrected chi connectivity index (χ4v) is 1.49. The first-order valence-corrected chi connectivity index (χ1v) is 4.92. The predicted octanol–water partition coefficient (Wildman–Crippen LogP) is 1.32. The lowest BCUT2D eigenvalue weighted by molar-refractivity contribution is 0.0690. The molecule has 2 rings (SSSR count). The summed E-state index contributed by atoms with van der Waals surface area (Å²) in [6.45, 7) is 0. The number of hydrogen-bond acceptors (Lipinski definition) is 4. The average Bonchev–Trinajstić information content (AvgIpc) is 2.73. The van der Waals surface area contributed by atoms with E-state index in [1.807, 2.05) is 0 Å². The maximum atomic E-state index is 10.8. The molecule has 0 radical (unpaired) electrons. The van der Waals surface area contributed by atoms with Gasteiger partial charge in [-0.15, -0.1) is 0 Å². The number of anilines is 1. The summed E-state index contributed by atoms with van der Waals surface area (Å²) in [5.74, 6) is -0.467. The molecule has 6 heteroatoms. The van der Waals surface area contributed by atoms with Gasteiger partial charge in [-0.1, -0.05) is 6.07 Å². The summed E-state index contributed by atoms with van der Waals surface area (Å²) in [6.07, 6.45) is 0. The lowest BCUT2D eigenvalue weighted by atomic mass is 10.3. The Labute approximate surface area is 97.1 Å². The lowest BCUT2D eigenvalue weighted by Crippen LogP contribution is -2.03. The third-order valence-corrected chi connectivity index (χ3v) is 2.26. The number of carboxylic acids is 1. The van der Waals surface area contributed by atoms with Gasteiger partial charge in [-0.05, 0) is 12.1 Å². The molecule has 0 amide bonds. The van der Waals surface area contributed by atoms with E-state index in [4.69, 9.17) is 5.11 Å². The molecule has 0 fully saturated rings. The second-order valence-electron chi connectivity index (χ2n) is 3.40. The standard InChI is InChI=1S/C11H11N3O3/c1-12-10-6-9(11(16)17)13-14(10)7-3-2-4-8(15)5-7/h2-6,12,15H,1H3,(H,16,17). The molecule has 88 valence electrons. The number of phenols is 1.